The Morgan fingerprint density at radius 1 is 1.04 bits per heavy atom. The Morgan fingerprint density at radius 3 is 2.26 bits per heavy atom. The molecule has 1 unspecified atom stereocenters. The third-order valence-electron chi connectivity index (χ3n) is 4.69. The molecule has 1 N–H and O–H groups in total. The Bertz CT molecular complexity index is 784. The second-order valence-corrected chi connectivity index (χ2v) is 6.48. The molecule has 7 nitrogen and oxygen atoms in total. The molecule has 1 fully saturated rings. The third kappa shape index (κ3) is 4.27. The molecule has 0 radical (unpaired) electrons. The van der Waals surface area contributed by atoms with Crippen molar-refractivity contribution in [1.29, 1.82) is 0 Å². The predicted octanol–water partition coefficient (Wildman–Crippen LogP) is 1.65. The summed E-state index contributed by atoms with van der Waals surface area (Å²) in [5.74, 6) is -1.04. The molecule has 1 amide bonds. The van der Waals surface area contributed by atoms with Gasteiger partial charge in [0.25, 0.3) is 0 Å². The SMILES string of the molecule is O=C([O-])c1ccc(OC(O)[N+]2(C(=O)OCc3ccccc3)CCCC2)cc1. The van der Waals surface area contributed by atoms with Crippen LogP contribution in [-0.4, -0.2) is 41.2 Å². The molecule has 27 heavy (non-hydrogen) atoms. The van der Waals surface area contributed by atoms with Gasteiger partial charge in [-0.3, -0.25) is 0 Å². The van der Waals surface area contributed by atoms with E-state index in [1.807, 2.05) is 30.3 Å². The van der Waals surface area contributed by atoms with E-state index < -0.39 is 18.5 Å². The molecule has 0 aliphatic carbocycles. The number of carbonyl (C=O) groups is 2. The van der Waals surface area contributed by atoms with Gasteiger partial charge in [0.2, 0.25) is 0 Å². The number of amides is 1. The van der Waals surface area contributed by atoms with Crippen molar-refractivity contribution < 1.29 is 33.8 Å². The smallest absolute Gasteiger partial charge is 0.521 e. The van der Waals surface area contributed by atoms with Crippen molar-refractivity contribution in [2.75, 3.05) is 13.1 Å². The van der Waals surface area contributed by atoms with Crippen LogP contribution in [0.4, 0.5) is 4.79 Å². The topological polar surface area (TPSA) is 95.9 Å². The number of hydrogen-bond donors (Lipinski definition) is 1. The average molecular weight is 371 g/mol. The monoisotopic (exact) mass is 371 g/mol. The Morgan fingerprint density at radius 2 is 1.67 bits per heavy atom. The summed E-state index contributed by atoms with van der Waals surface area (Å²) in [6, 6.07) is 14.8. The zero-order valence-corrected chi connectivity index (χ0v) is 14.7. The van der Waals surface area contributed by atoms with Crippen LogP contribution in [0, 0.1) is 0 Å². The van der Waals surface area contributed by atoms with Crippen LogP contribution < -0.4 is 9.84 Å². The molecule has 0 bridgehead atoms. The Hall–Kier alpha value is -2.90. The quantitative estimate of drug-likeness (QED) is 0.613. The lowest BCUT2D eigenvalue weighted by atomic mass is 10.2. The number of quaternary nitrogens is 1. The number of rotatable bonds is 6. The summed E-state index contributed by atoms with van der Waals surface area (Å²) in [4.78, 5) is 23.5. The molecular weight excluding hydrogens is 350 g/mol. The van der Waals surface area contributed by atoms with E-state index in [-0.39, 0.29) is 22.4 Å². The molecule has 7 heteroatoms. The zero-order valence-electron chi connectivity index (χ0n) is 14.7. The number of nitrogens with zero attached hydrogens (tertiary/aromatic N) is 1. The van der Waals surface area contributed by atoms with Gasteiger partial charge in [-0.15, -0.1) is 0 Å². The maximum Gasteiger partial charge on any atom is 0.521 e. The second kappa shape index (κ2) is 8.20. The number of ether oxygens (including phenoxy) is 2. The molecule has 1 aliphatic rings. The molecule has 0 saturated carbocycles. The lowest BCUT2D eigenvalue weighted by Crippen LogP contribution is -2.59. The van der Waals surface area contributed by atoms with E-state index in [1.54, 1.807) is 0 Å². The highest BCUT2D eigenvalue weighted by molar-refractivity contribution is 5.85. The molecule has 1 aliphatic heterocycles. The van der Waals surface area contributed by atoms with Gasteiger partial charge >= 0.3 is 12.5 Å². The van der Waals surface area contributed by atoms with Crippen LogP contribution in [0.1, 0.15) is 28.8 Å². The minimum atomic E-state index is -1.44. The number of benzene rings is 2. The molecule has 1 atom stereocenters. The third-order valence-corrected chi connectivity index (χ3v) is 4.69. The number of aromatic carboxylic acids is 1. The largest absolute Gasteiger partial charge is 0.545 e. The average Bonchev–Trinajstić information content (AvgIpc) is 3.18. The van der Waals surface area contributed by atoms with Crippen LogP contribution in [0.15, 0.2) is 54.6 Å². The maximum absolute atomic E-state index is 12.7. The number of hydrogen-bond acceptors (Lipinski definition) is 6. The summed E-state index contributed by atoms with van der Waals surface area (Å²) in [6.07, 6.45) is -0.450. The predicted molar refractivity (Wildman–Crippen MR) is 93.3 cm³/mol. The summed E-state index contributed by atoms with van der Waals surface area (Å²) in [5, 5.41) is 21.4. The highest BCUT2D eigenvalue weighted by Crippen LogP contribution is 2.27. The standard InChI is InChI=1S/C20H21NO6/c22-18(23)16-8-10-17(11-9-16)27-20(25)21(12-4-5-13-21)19(24)26-14-15-6-2-1-3-7-15/h1-3,6-11,20,25H,4-5,12-14H2. The first kappa shape index (κ1) is 18.9. The van der Waals surface area contributed by atoms with Gasteiger partial charge in [0.05, 0.1) is 19.1 Å². The van der Waals surface area contributed by atoms with Crippen LogP contribution in [0.2, 0.25) is 0 Å². The lowest BCUT2D eigenvalue weighted by molar-refractivity contribution is -0.915. The number of carboxylic acids is 1. The highest BCUT2D eigenvalue weighted by atomic mass is 16.6. The molecule has 2 aromatic carbocycles. The lowest BCUT2D eigenvalue weighted by Gasteiger charge is -2.33. The van der Waals surface area contributed by atoms with Crippen molar-refractivity contribution in [1.82, 2.24) is 0 Å². The van der Waals surface area contributed by atoms with Gasteiger partial charge in [-0.05, 0) is 35.4 Å². The number of likely N-dealkylation sites (tertiary alicyclic amines) is 1. The van der Waals surface area contributed by atoms with Crippen molar-refractivity contribution in [3.05, 3.63) is 65.7 Å². The Labute approximate surface area is 157 Å². The van der Waals surface area contributed by atoms with Crippen LogP contribution in [0.3, 0.4) is 0 Å². The van der Waals surface area contributed by atoms with Gasteiger partial charge < -0.3 is 24.5 Å². The molecular formula is C20H21NO6. The fourth-order valence-electron chi connectivity index (χ4n) is 3.13. The molecule has 2 aromatic rings. The van der Waals surface area contributed by atoms with E-state index in [0.29, 0.717) is 13.1 Å². The minimum absolute atomic E-state index is 0.00387. The fraction of sp³-hybridized carbons (Fsp3) is 0.300. The van der Waals surface area contributed by atoms with Crippen molar-refractivity contribution >= 4 is 12.1 Å². The molecule has 1 saturated heterocycles. The van der Waals surface area contributed by atoms with E-state index >= 15 is 0 Å². The summed E-state index contributed by atoms with van der Waals surface area (Å²) in [7, 11) is 0. The van der Waals surface area contributed by atoms with Gasteiger partial charge in [0.1, 0.15) is 12.4 Å². The van der Waals surface area contributed by atoms with Crippen LogP contribution in [0.25, 0.3) is 0 Å². The number of carbonyl (C=O) groups excluding carboxylic acids is 2. The van der Waals surface area contributed by atoms with E-state index in [4.69, 9.17) is 9.47 Å². The number of aliphatic hydroxyl groups excluding tert-OH is 1. The van der Waals surface area contributed by atoms with E-state index in [1.165, 1.54) is 24.3 Å². The van der Waals surface area contributed by atoms with Crippen molar-refractivity contribution in [3.63, 3.8) is 0 Å². The van der Waals surface area contributed by atoms with E-state index in [9.17, 15) is 19.8 Å². The zero-order chi connectivity index (χ0) is 19.3. The molecule has 142 valence electrons. The highest BCUT2D eigenvalue weighted by Gasteiger charge is 2.49. The first-order valence-electron chi connectivity index (χ1n) is 8.75. The summed E-state index contributed by atoms with van der Waals surface area (Å²) in [5.41, 5.74) is 0.862. The van der Waals surface area contributed by atoms with Crippen LogP contribution in [0.5, 0.6) is 5.75 Å². The minimum Gasteiger partial charge on any atom is -0.545 e. The van der Waals surface area contributed by atoms with Gasteiger partial charge in [-0.25, -0.2) is 0 Å². The van der Waals surface area contributed by atoms with E-state index in [2.05, 4.69) is 0 Å². The van der Waals surface area contributed by atoms with Crippen LogP contribution >= 0.6 is 0 Å². The Kier molecular flexibility index (Phi) is 5.73. The van der Waals surface area contributed by atoms with Crippen molar-refractivity contribution in [3.8, 4) is 5.75 Å². The van der Waals surface area contributed by atoms with Gasteiger partial charge in [0, 0.05) is 12.8 Å². The van der Waals surface area contributed by atoms with Crippen molar-refractivity contribution in [2.45, 2.75) is 25.9 Å². The molecule has 1 heterocycles. The first-order valence-corrected chi connectivity index (χ1v) is 8.75. The normalized spacial score (nSPS) is 16.5. The molecule has 0 spiro atoms. The molecule has 0 aromatic heterocycles. The first-order chi connectivity index (χ1) is 13.0. The summed E-state index contributed by atoms with van der Waals surface area (Å²) in [6.45, 7) is 0.935. The number of carboxylic acid groups (broad SMARTS) is 1. The van der Waals surface area contributed by atoms with Crippen molar-refractivity contribution in [2.24, 2.45) is 0 Å². The van der Waals surface area contributed by atoms with E-state index in [0.717, 1.165) is 18.4 Å². The Balaban J connectivity index is 1.69. The molecule has 3 rings (SSSR count). The summed E-state index contributed by atoms with van der Waals surface area (Å²) >= 11 is 0. The van der Waals surface area contributed by atoms with Gasteiger partial charge in [-0.1, -0.05) is 30.3 Å². The van der Waals surface area contributed by atoms with Gasteiger partial charge in [-0.2, -0.15) is 9.28 Å². The van der Waals surface area contributed by atoms with Crippen LogP contribution in [-0.2, 0) is 11.3 Å². The fourth-order valence-corrected chi connectivity index (χ4v) is 3.13. The number of aliphatic hydroxyl groups is 1. The van der Waals surface area contributed by atoms with Gasteiger partial charge in [0.15, 0.2) is 0 Å². The summed E-state index contributed by atoms with van der Waals surface area (Å²) < 4.78 is 10.6. The second-order valence-electron chi connectivity index (χ2n) is 6.48. The maximum atomic E-state index is 12.7.